The van der Waals surface area contributed by atoms with Gasteiger partial charge < -0.3 is 10.5 Å². The van der Waals surface area contributed by atoms with Crippen LogP contribution in [0, 0.1) is 0 Å². The van der Waals surface area contributed by atoms with E-state index < -0.39 is 0 Å². The highest BCUT2D eigenvalue weighted by Crippen LogP contribution is 2.03. The maximum absolute atomic E-state index is 5.11. The summed E-state index contributed by atoms with van der Waals surface area (Å²) in [5.74, 6) is 0. The van der Waals surface area contributed by atoms with Crippen LogP contribution in [-0.2, 0) is 4.74 Å². The number of epoxide rings is 1. The molecule has 1 unspecified atom stereocenters. The zero-order chi connectivity index (χ0) is 7.23. The van der Waals surface area contributed by atoms with Crippen molar-refractivity contribution in [3.63, 3.8) is 0 Å². The van der Waals surface area contributed by atoms with Crippen LogP contribution >= 0.6 is 0 Å². The standard InChI is InChI=1S/C5H6.C3H7NO/c1-2-4-5-3-1;4-1-3-2-5-3/h1-4H,5H2;3H,1-2,4H2. The third-order valence-corrected chi connectivity index (χ3v) is 1.32. The highest BCUT2D eigenvalue weighted by atomic mass is 16.6. The molecule has 1 fully saturated rings. The van der Waals surface area contributed by atoms with Crippen molar-refractivity contribution in [1.82, 2.24) is 0 Å². The molecule has 2 rings (SSSR count). The normalized spacial score (nSPS) is 25.9. The number of nitrogens with two attached hydrogens (primary N) is 1. The molecule has 1 aliphatic carbocycles. The fourth-order valence-corrected chi connectivity index (χ4v) is 0.597. The molecule has 10 heavy (non-hydrogen) atoms. The smallest absolute Gasteiger partial charge is 0.0931 e. The molecule has 1 aliphatic heterocycles. The molecule has 0 bridgehead atoms. The van der Waals surface area contributed by atoms with E-state index >= 15 is 0 Å². The van der Waals surface area contributed by atoms with E-state index in [0.29, 0.717) is 12.6 Å². The Morgan fingerprint density at radius 3 is 2.10 bits per heavy atom. The van der Waals surface area contributed by atoms with Crippen molar-refractivity contribution in [2.45, 2.75) is 12.5 Å². The molecule has 0 aromatic rings. The number of rotatable bonds is 1. The predicted molar refractivity (Wildman–Crippen MR) is 41.7 cm³/mol. The quantitative estimate of drug-likeness (QED) is 0.547. The van der Waals surface area contributed by atoms with Crippen molar-refractivity contribution in [3.05, 3.63) is 24.3 Å². The molecule has 56 valence electrons. The zero-order valence-corrected chi connectivity index (χ0v) is 5.99. The lowest BCUT2D eigenvalue weighted by Crippen LogP contribution is -2.05. The Morgan fingerprint density at radius 2 is 2.00 bits per heavy atom. The van der Waals surface area contributed by atoms with Crippen LogP contribution in [0.25, 0.3) is 0 Å². The monoisotopic (exact) mass is 139 g/mol. The lowest BCUT2D eigenvalue weighted by molar-refractivity contribution is 0.412. The molecule has 0 aromatic carbocycles. The second-order valence-corrected chi connectivity index (χ2v) is 2.28. The Labute approximate surface area is 61.4 Å². The Balaban J connectivity index is 0.0000001000. The van der Waals surface area contributed by atoms with Gasteiger partial charge in [-0.25, -0.2) is 0 Å². The second-order valence-electron chi connectivity index (χ2n) is 2.28. The molecule has 1 heterocycles. The van der Waals surface area contributed by atoms with Gasteiger partial charge >= 0.3 is 0 Å². The average molecular weight is 139 g/mol. The van der Waals surface area contributed by atoms with Crippen LogP contribution in [0.5, 0.6) is 0 Å². The van der Waals surface area contributed by atoms with Gasteiger partial charge in [0, 0.05) is 6.54 Å². The van der Waals surface area contributed by atoms with Gasteiger partial charge in [-0.2, -0.15) is 0 Å². The molecule has 2 aliphatic rings. The summed E-state index contributed by atoms with van der Waals surface area (Å²) in [6.07, 6.45) is 9.91. The summed E-state index contributed by atoms with van der Waals surface area (Å²) in [5, 5.41) is 0. The largest absolute Gasteiger partial charge is 0.372 e. The van der Waals surface area contributed by atoms with Crippen LogP contribution in [0.3, 0.4) is 0 Å². The fraction of sp³-hybridized carbons (Fsp3) is 0.500. The van der Waals surface area contributed by atoms with E-state index in [0.717, 1.165) is 13.0 Å². The first-order valence-electron chi connectivity index (χ1n) is 3.57. The molecular formula is C8H13NO. The van der Waals surface area contributed by atoms with Gasteiger partial charge in [0.1, 0.15) is 0 Å². The molecule has 0 aromatic heterocycles. The summed E-state index contributed by atoms with van der Waals surface area (Å²) in [7, 11) is 0. The molecular weight excluding hydrogens is 126 g/mol. The van der Waals surface area contributed by atoms with Gasteiger partial charge in [0.25, 0.3) is 0 Å². The van der Waals surface area contributed by atoms with E-state index in [1.54, 1.807) is 0 Å². The van der Waals surface area contributed by atoms with Crippen LogP contribution in [0.2, 0.25) is 0 Å². The fourth-order valence-electron chi connectivity index (χ4n) is 0.597. The molecule has 0 amide bonds. The van der Waals surface area contributed by atoms with Crippen molar-refractivity contribution in [3.8, 4) is 0 Å². The topological polar surface area (TPSA) is 38.5 Å². The third kappa shape index (κ3) is 3.43. The summed E-state index contributed by atoms with van der Waals surface area (Å²) < 4.78 is 4.73. The molecule has 2 N–H and O–H groups in total. The van der Waals surface area contributed by atoms with E-state index in [9.17, 15) is 0 Å². The molecule has 0 spiro atoms. The Bertz CT molecular complexity index is 126. The predicted octanol–water partition coefficient (Wildman–Crippen LogP) is 0.846. The minimum atomic E-state index is 0.412. The molecule has 1 atom stereocenters. The maximum Gasteiger partial charge on any atom is 0.0931 e. The van der Waals surface area contributed by atoms with Crippen molar-refractivity contribution in [2.24, 2.45) is 5.73 Å². The van der Waals surface area contributed by atoms with Crippen LogP contribution in [0.4, 0.5) is 0 Å². The van der Waals surface area contributed by atoms with Gasteiger partial charge in [0.15, 0.2) is 0 Å². The maximum atomic E-state index is 5.11. The van der Waals surface area contributed by atoms with Crippen LogP contribution in [0.1, 0.15) is 6.42 Å². The number of hydrogen-bond acceptors (Lipinski definition) is 2. The molecule has 1 saturated heterocycles. The first kappa shape index (κ1) is 7.51. The molecule has 0 saturated carbocycles. The van der Waals surface area contributed by atoms with Crippen molar-refractivity contribution >= 4 is 0 Å². The Kier molecular flexibility index (Phi) is 3.19. The third-order valence-electron chi connectivity index (χ3n) is 1.32. The van der Waals surface area contributed by atoms with E-state index in [1.165, 1.54) is 0 Å². The Hall–Kier alpha value is -0.600. The molecule has 2 heteroatoms. The van der Waals surface area contributed by atoms with Gasteiger partial charge in [-0.1, -0.05) is 24.3 Å². The minimum Gasteiger partial charge on any atom is -0.372 e. The summed E-state index contributed by atoms with van der Waals surface area (Å²) in [6.45, 7) is 1.58. The summed E-state index contributed by atoms with van der Waals surface area (Å²) in [4.78, 5) is 0. The van der Waals surface area contributed by atoms with E-state index in [4.69, 9.17) is 10.5 Å². The summed E-state index contributed by atoms with van der Waals surface area (Å²) >= 11 is 0. The van der Waals surface area contributed by atoms with Crippen molar-refractivity contribution in [2.75, 3.05) is 13.2 Å². The molecule has 2 nitrogen and oxygen atoms in total. The highest BCUT2D eigenvalue weighted by molar-refractivity contribution is 5.11. The van der Waals surface area contributed by atoms with Crippen LogP contribution < -0.4 is 5.73 Å². The average Bonchev–Trinajstić information content (AvgIpc) is 2.63. The zero-order valence-electron chi connectivity index (χ0n) is 5.99. The summed E-state index contributed by atoms with van der Waals surface area (Å²) in [6, 6.07) is 0. The minimum absolute atomic E-state index is 0.412. The number of ether oxygens (including phenoxy) is 1. The van der Waals surface area contributed by atoms with Gasteiger partial charge in [-0.15, -0.1) is 0 Å². The first-order valence-corrected chi connectivity index (χ1v) is 3.57. The second kappa shape index (κ2) is 4.25. The van der Waals surface area contributed by atoms with E-state index in [-0.39, 0.29) is 0 Å². The van der Waals surface area contributed by atoms with Crippen LogP contribution in [-0.4, -0.2) is 19.3 Å². The number of allylic oxidation sites excluding steroid dienone is 4. The SMILES string of the molecule is C1=CCC=C1.NCC1CO1. The first-order chi connectivity index (χ1) is 4.93. The van der Waals surface area contributed by atoms with Gasteiger partial charge in [0.05, 0.1) is 12.7 Å². The van der Waals surface area contributed by atoms with Gasteiger partial charge in [-0.3, -0.25) is 0 Å². The van der Waals surface area contributed by atoms with Crippen molar-refractivity contribution in [1.29, 1.82) is 0 Å². The van der Waals surface area contributed by atoms with Gasteiger partial charge in [-0.05, 0) is 6.42 Å². The summed E-state index contributed by atoms with van der Waals surface area (Å²) in [5.41, 5.74) is 5.11. The number of hydrogen-bond donors (Lipinski definition) is 1. The van der Waals surface area contributed by atoms with E-state index in [2.05, 4.69) is 24.3 Å². The highest BCUT2D eigenvalue weighted by Gasteiger charge is 2.18. The lowest BCUT2D eigenvalue weighted by atomic mass is 10.5. The van der Waals surface area contributed by atoms with Crippen molar-refractivity contribution < 1.29 is 4.74 Å². The van der Waals surface area contributed by atoms with Gasteiger partial charge in [0.2, 0.25) is 0 Å². The van der Waals surface area contributed by atoms with E-state index in [1.807, 2.05) is 0 Å². The lowest BCUT2D eigenvalue weighted by Gasteiger charge is -1.71. The molecule has 0 radical (unpaired) electrons. The Morgan fingerprint density at radius 1 is 1.40 bits per heavy atom. The van der Waals surface area contributed by atoms with Crippen LogP contribution in [0.15, 0.2) is 24.3 Å².